The van der Waals surface area contributed by atoms with Crippen molar-refractivity contribution in [3.8, 4) is 0 Å². The van der Waals surface area contributed by atoms with E-state index >= 15 is 0 Å². The Morgan fingerprint density at radius 3 is 2.50 bits per heavy atom. The zero-order valence-electron chi connectivity index (χ0n) is 17.4. The van der Waals surface area contributed by atoms with Gasteiger partial charge in [0.15, 0.2) is 0 Å². The number of halogens is 1. The summed E-state index contributed by atoms with van der Waals surface area (Å²) in [5.74, 6) is 6.23. The molecule has 30 heavy (non-hydrogen) atoms. The lowest BCUT2D eigenvalue weighted by Crippen LogP contribution is -2.34. The van der Waals surface area contributed by atoms with Gasteiger partial charge in [0.2, 0.25) is 0 Å². The Morgan fingerprint density at radius 2 is 1.80 bits per heavy atom. The lowest BCUT2D eigenvalue weighted by atomic mass is 9.89. The normalized spacial score (nSPS) is 26.6. The second kappa shape index (κ2) is 7.69. The monoisotopic (exact) mass is 423 g/mol. The number of likely N-dealkylation sites (tertiary alicyclic amines) is 1. The highest BCUT2D eigenvalue weighted by atomic mass is 35.5. The van der Waals surface area contributed by atoms with Gasteiger partial charge in [-0.3, -0.25) is 0 Å². The fourth-order valence-electron chi connectivity index (χ4n) is 5.28. The van der Waals surface area contributed by atoms with Crippen LogP contribution in [-0.4, -0.2) is 47.6 Å². The second-order valence-corrected chi connectivity index (χ2v) is 10.2. The Kier molecular flexibility index (Phi) is 4.84. The molecule has 4 fully saturated rings. The van der Waals surface area contributed by atoms with E-state index in [4.69, 9.17) is 16.6 Å². The van der Waals surface area contributed by atoms with E-state index < -0.39 is 0 Å². The zero-order chi connectivity index (χ0) is 20.1. The standard InChI is InChI=1S/C24H30ClN5/c25-21-3-4-22(26-12-21)27-23-10-18(11-24(28-23)30-14-19-9-20(19)15-30)17-5-7-29(8-6-17)13-16-1-2-16/h3-4,10-12,16-17,19-20H,1-2,5-9,13-15H2,(H,26,27,28). The maximum atomic E-state index is 6.00. The minimum Gasteiger partial charge on any atom is -0.356 e. The fraction of sp³-hybridized carbons (Fsp3) is 0.583. The van der Waals surface area contributed by atoms with Crippen molar-refractivity contribution in [1.29, 1.82) is 0 Å². The summed E-state index contributed by atoms with van der Waals surface area (Å²) >= 11 is 6.00. The van der Waals surface area contributed by atoms with Crippen molar-refractivity contribution in [1.82, 2.24) is 14.9 Å². The fourth-order valence-corrected chi connectivity index (χ4v) is 5.39. The molecule has 2 atom stereocenters. The first-order valence-electron chi connectivity index (χ1n) is 11.6. The van der Waals surface area contributed by atoms with Gasteiger partial charge < -0.3 is 15.1 Å². The highest BCUT2D eigenvalue weighted by Crippen LogP contribution is 2.46. The van der Waals surface area contributed by atoms with Gasteiger partial charge in [0.05, 0.1) is 5.02 Å². The molecule has 5 nitrogen and oxygen atoms in total. The van der Waals surface area contributed by atoms with Crippen LogP contribution in [0, 0.1) is 17.8 Å². The molecule has 2 aromatic rings. The quantitative estimate of drug-likeness (QED) is 0.714. The van der Waals surface area contributed by atoms with Crippen LogP contribution in [0.5, 0.6) is 0 Å². The average molecular weight is 424 g/mol. The predicted octanol–water partition coefficient (Wildman–Crippen LogP) is 4.92. The van der Waals surface area contributed by atoms with Gasteiger partial charge in [0.25, 0.3) is 0 Å². The van der Waals surface area contributed by atoms with Crippen molar-refractivity contribution < 1.29 is 0 Å². The van der Waals surface area contributed by atoms with Crippen LogP contribution >= 0.6 is 11.6 Å². The van der Waals surface area contributed by atoms with Gasteiger partial charge in [0.1, 0.15) is 17.5 Å². The van der Waals surface area contributed by atoms with Gasteiger partial charge >= 0.3 is 0 Å². The maximum Gasteiger partial charge on any atom is 0.134 e. The Morgan fingerprint density at radius 1 is 1.00 bits per heavy atom. The summed E-state index contributed by atoms with van der Waals surface area (Å²) in [6, 6.07) is 8.40. The van der Waals surface area contributed by atoms with Crippen LogP contribution in [0.4, 0.5) is 17.5 Å². The number of rotatable bonds is 6. The number of fused-ring (bicyclic) bond motifs is 1. The minimum atomic E-state index is 0.623. The van der Waals surface area contributed by atoms with Crippen LogP contribution in [0.2, 0.25) is 5.02 Å². The van der Waals surface area contributed by atoms with Gasteiger partial charge in [-0.25, -0.2) is 9.97 Å². The summed E-state index contributed by atoms with van der Waals surface area (Å²) in [7, 11) is 0. The van der Waals surface area contributed by atoms with Crippen molar-refractivity contribution in [3.05, 3.63) is 41.0 Å². The van der Waals surface area contributed by atoms with E-state index in [0.29, 0.717) is 10.9 Å². The Bertz CT molecular complexity index is 894. The molecule has 4 heterocycles. The molecule has 0 radical (unpaired) electrons. The number of anilines is 3. The van der Waals surface area contributed by atoms with E-state index in [1.165, 1.54) is 70.4 Å². The Hall–Kier alpha value is -1.85. The third kappa shape index (κ3) is 4.15. The van der Waals surface area contributed by atoms with Crippen molar-refractivity contribution in [2.75, 3.05) is 42.9 Å². The summed E-state index contributed by atoms with van der Waals surface area (Å²) in [5, 5.41) is 4.07. The number of hydrogen-bond donors (Lipinski definition) is 1. The van der Waals surface area contributed by atoms with Gasteiger partial charge in [-0.2, -0.15) is 0 Å². The summed E-state index contributed by atoms with van der Waals surface area (Å²) in [6.45, 7) is 6.11. The summed E-state index contributed by atoms with van der Waals surface area (Å²) in [6.07, 6.45) is 8.48. The van der Waals surface area contributed by atoms with Crippen LogP contribution in [0.3, 0.4) is 0 Å². The van der Waals surface area contributed by atoms with Crippen LogP contribution in [-0.2, 0) is 0 Å². The van der Waals surface area contributed by atoms with E-state index in [9.17, 15) is 0 Å². The highest BCUT2D eigenvalue weighted by Gasteiger charge is 2.45. The molecule has 2 unspecified atom stereocenters. The molecule has 2 aromatic heterocycles. The first-order chi connectivity index (χ1) is 14.7. The zero-order valence-corrected chi connectivity index (χ0v) is 18.2. The van der Waals surface area contributed by atoms with Crippen LogP contribution < -0.4 is 10.2 Å². The highest BCUT2D eigenvalue weighted by molar-refractivity contribution is 6.30. The van der Waals surface area contributed by atoms with Crippen molar-refractivity contribution >= 4 is 29.1 Å². The van der Waals surface area contributed by atoms with Crippen molar-refractivity contribution in [2.45, 2.75) is 38.0 Å². The average Bonchev–Trinajstić information content (AvgIpc) is 3.69. The van der Waals surface area contributed by atoms with Gasteiger partial charge in [-0.1, -0.05) is 11.6 Å². The number of nitrogens with one attached hydrogen (secondary N) is 1. The summed E-state index contributed by atoms with van der Waals surface area (Å²) in [5.41, 5.74) is 1.43. The topological polar surface area (TPSA) is 44.3 Å². The lowest BCUT2D eigenvalue weighted by molar-refractivity contribution is 0.204. The minimum absolute atomic E-state index is 0.623. The molecule has 0 aromatic carbocycles. The van der Waals surface area contributed by atoms with E-state index in [2.05, 4.69) is 32.2 Å². The smallest absolute Gasteiger partial charge is 0.134 e. The van der Waals surface area contributed by atoms with E-state index in [1.54, 1.807) is 6.20 Å². The second-order valence-electron chi connectivity index (χ2n) is 9.81. The molecule has 2 saturated carbocycles. The van der Waals surface area contributed by atoms with Crippen LogP contribution in [0.1, 0.15) is 43.6 Å². The van der Waals surface area contributed by atoms with E-state index in [1.807, 2.05) is 12.1 Å². The van der Waals surface area contributed by atoms with Crippen LogP contribution in [0.25, 0.3) is 0 Å². The van der Waals surface area contributed by atoms with Gasteiger partial charge in [-0.15, -0.1) is 0 Å². The molecule has 0 bridgehead atoms. The molecular weight excluding hydrogens is 394 g/mol. The SMILES string of the molecule is Clc1ccc(Nc2cc(C3CCN(CC4CC4)CC3)cc(N3CC4CC4C3)n2)nc1. The number of nitrogens with zero attached hydrogens (tertiary/aromatic N) is 4. The largest absolute Gasteiger partial charge is 0.356 e. The van der Waals surface area contributed by atoms with Gasteiger partial charge in [-0.05, 0) is 98.7 Å². The van der Waals surface area contributed by atoms with Crippen LogP contribution in [0.15, 0.2) is 30.5 Å². The van der Waals surface area contributed by atoms with Crippen molar-refractivity contribution in [2.24, 2.45) is 17.8 Å². The number of piperidine rings is 2. The lowest BCUT2D eigenvalue weighted by Gasteiger charge is -2.33. The maximum absolute atomic E-state index is 6.00. The molecule has 158 valence electrons. The molecule has 4 aliphatic rings. The molecule has 6 heteroatoms. The first kappa shape index (κ1) is 18.9. The molecule has 2 aliphatic carbocycles. The van der Waals surface area contributed by atoms with E-state index in [0.717, 1.165) is 35.2 Å². The number of pyridine rings is 2. The van der Waals surface area contributed by atoms with Gasteiger partial charge in [0, 0.05) is 25.8 Å². The molecule has 1 N–H and O–H groups in total. The Balaban J connectivity index is 1.22. The predicted molar refractivity (Wildman–Crippen MR) is 122 cm³/mol. The molecule has 0 spiro atoms. The number of aromatic nitrogens is 2. The molecule has 6 rings (SSSR count). The number of hydrogen-bond acceptors (Lipinski definition) is 5. The molecule has 2 saturated heterocycles. The first-order valence-corrected chi connectivity index (χ1v) is 12.0. The molecule has 0 amide bonds. The summed E-state index contributed by atoms with van der Waals surface area (Å²) < 4.78 is 0. The van der Waals surface area contributed by atoms with Crippen molar-refractivity contribution in [3.63, 3.8) is 0 Å². The molecular formula is C24H30ClN5. The third-order valence-electron chi connectivity index (χ3n) is 7.39. The van der Waals surface area contributed by atoms with E-state index in [-0.39, 0.29) is 0 Å². The summed E-state index contributed by atoms with van der Waals surface area (Å²) in [4.78, 5) is 14.6. The molecule has 2 aliphatic heterocycles. The Labute approximate surface area is 183 Å². The third-order valence-corrected chi connectivity index (χ3v) is 7.62.